The van der Waals surface area contributed by atoms with Crippen molar-refractivity contribution in [2.24, 2.45) is 0 Å². The number of nitrogens with one attached hydrogen (secondary N) is 1. The first-order valence-corrected chi connectivity index (χ1v) is 7.57. The molecule has 1 N–H and O–H groups in total. The Labute approximate surface area is 148 Å². The fourth-order valence-electron chi connectivity index (χ4n) is 2.44. The van der Waals surface area contributed by atoms with Crippen molar-refractivity contribution in [1.29, 1.82) is 5.26 Å². The van der Waals surface area contributed by atoms with Crippen LogP contribution in [0.15, 0.2) is 48.7 Å². The number of nitrogens with zero attached hydrogens (tertiary/aromatic N) is 3. The molecule has 26 heavy (non-hydrogen) atoms. The minimum Gasteiger partial charge on any atom is -0.320 e. The Balaban J connectivity index is 1.94. The monoisotopic (exact) mass is 350 g/mol. The maximum atomic E-state index is 13.5. The number of halogens is 2. The summed E-state index contributed by atoms with van der Waals surface area (Å²) in [6, 6.07) is 11.1. The summed E-state index contributed by atoms with van der Waals surface area (Å²) in [5.74, 6) is -1.93. The third-order valence-corrected chi connectivity index (χ3v) is 3.51. The van der Waals surface area contributed by atoms with E-state index in [9.17, 15) is 13.6 Å². The van der Waals surface area contributed by atoms with E-state index in [-0.39, 0.29) is 11.4 Å². The van der Waals surface area contributed by atoms with E-state index in [4.69, 9.17) is 5.26 Å². The fourth-order valence-corrected chi connectivity index (χ4v) is 2.44. The average molecular weight is 350 g/mol. The van der Waals surface area contributed by atoms with Gasteiger partial charge in [-0.25, -0.2) is 18.7 Å². The van der Waals surface area contributed by atoms with Crippen LogP contribution in [-0.4, -0.2) is 15.9 Å². The highest BCUT2D eigenvalue weighted by Crippen LogP contribution is 2.23. The van der Waals surface area contributed by atoms with Crippen LogP contribution in [0.3, 0.4) is 0 Å². The van der Waals surface area contributed by atoms with E-state index in [1.807, 2.05) is 6.07 Å². The first kappa shape index (κ1) is 17.2. The van der Waals surface area contributed by atoms with Crippen LogP contribution in [0.1, 0.15) is 21.9 Å². The second-order valence-corrected chi connectivity index (χ2v) is 5.54. The summed E-state index contributed by atoms with van der Waals surface area (Å²) < 4.78 is 26.9. The quantitative estimate of drug-likeness (QED) is 0.778. The molecule has 0 aliphatic rings. The molecule has 3 aromatic rings. The van der Waals surface area contributed by atoms with Crippen LogP contribution in [0, 0.1) is 29.9 Å². The molecule has 0 aliphatic heterocycles. The topological polar surface area (TPSA) is 78.7 Å². The van der Waals surface area contributed by atoms with E-state index < -0.39 is 17.5 Å². The zero-order valence-corrected chi connectivity index (χ0v) is 13.6. The second kappa shape index (κ2) is 7.07. The molecule has 128 valence electrons. The predicted octanol–water partition coefficient (Wildman–Crippen LogP) is 3.85. The molecule has 0 fully saturated rings. The lowest BCUT2D eigenvalue weighted by Crippen LogP contribution is -2.14. The summed E-state index contributed by atoms with van der Waals surface area (Å²) in [6.07, 6.45) is 1.40. The largest absolute Gasteiger partial charge is 0.320 e. The number of benzene rings is 1. The third-order valence-electron chi connectivity index (χ3n) is 3.51. The highest BCUT2D eigenvalue weighted by atomic mass is 19.1. The van der Waals surface area contributed by atoms with Gasteiger partial charge < -0.3 is 5.32 Å². The number of hydrogen-bond acceptors (Lipinski definition) is 4. The van der Waals surface area contributed by atoms with E-state index in [1.54, 1.807) is 13.0 Å². The Kier molecular flexibility index (Phi) is 4.67. The normalized spacial score (nSPS) is 10.2. The van der Waals surface area contributed by atoms with E-state index in [0.29, 0.717) is 22.5 Å². The van der Waals surface area contributed by atoms with Crippen molar-refractivity contribution in [2.75, 3.05) is 5.32 Å². The Hall–Kier alpha value is -3.66. The van der Waals surface area contributed by atoms with Gasteiger partial charge in [-0.15, -0.1) is 0 Å². The molecule has 3 rings (SSSR count). The van der Waals surface area contributed by atoms with Gasteiger partial charge in [0.1, 0.15) is 29.1 Å². The van der Waals surface area contributed by atoms with Crippen LogP contribution < -0.4 is 5.32 Å². The van der Waals surface area contributed by atoms with Gasteiger partial charge in [-0.2, -0.15) is 5.26 Å². The van der Waals surface area contributed by atoms with Gasteiger partial charge in [0.05, 0.1) is 0 Å². The maximum absolute atomic E-state index is 13.5. The zero-order valence-electron chi connectivity index (χ0n) is 13.6. The van der Waals surface area contributed by atoms with Crippen LogP contribution in [0.4, 0.5) is 14.5 Å². The standard InChI is InChI=1S/C19H12F2N4O/c1-11-4-12(13-5-14(20)8-15(21)6-13)7-18(24-11)19(26)25-16-2-3-23-17(9-16)10-22/h2-9H,1H3,(H,23,25,26). The lowest BCUT2D eigenvalue weighted by Gasteiger charge is -2.09. The van der Waals surface area contributed by atoms with Gasteiger partial charge in [-0.1, -0.05) is 0 Å². The first-order valence-electron chi connectivity index (χ1n) is 7.57. The van der Waals surface area contributed by atoms with E-state index in [2.05, 4.69) is 15.3 Å². The van der Waals surface area contributed by atoms with Gasteiger partial charge in [0.25, 0.3) is 5.91 Å². The number of aromatic nitrogens is 2. The van der Waals surface area contributed by atoms with E-state index in [1.165, 1.54) is 36.5 Å². The number of amides is 1. The molecule has 0 saturated carbocycles. The van der Waals surface area contributed by atoms with Gasteiger partial charge in [0, 0.05) is 23.6 Å². The van der Waals surface area contributed by atoms with Crippen molar-refractivity contribution in [3.63, 3.8) is 0 Å². The molecule has 5 nitrogen and oxygen atoms in total. The van der Waals surface area contributed by atoms with Gasteiger partial charge >= 0.3 is 0 Å². The molecular weight excluding hydrogens is 338 g/mol. The van der Waals surface area contributed by atoms with Crippen LogP contribution in [0.25, 0.3) is 11.1 Å². The SMILES string of the molecule is Cc1cc(-c2cc(F)cc(F)c2)cc(C(=O)Nc2ccnc(C#N)c2)n1. The van der Waals surface area contributed by atoms with Crippen molar-refractivity contribution < 1.29 is 13.6 Å². The number of carbonyl (C=O) groups excluding carboxylic acids is 1. The first-order chi connectivity index (χ1) is 12.4. The molecule has 1 aromatic carbocycles. The second-order valence-electron chi connectivity index (χ2n) is 5.54. The molecule has 0 spiro atoms. The number of anilines is 1. The number of rotatable bonds is 3. The molecule has 0 unspecified atom stereocenters. The summed E-state index contributed by atoms with van der Waals surface area (Å²) in [7, 11) is 0. The average Bonchev–Trinajstić information content (AvgIpc) is 2.60. The molecule has 2 heterocycles. The van der Waals surface area contributed by atoms with Gasteiger partial charge in [0.2, 0.25) is 0 Å². The molecule has 1 amide bonds. The molecule has 0 saturated heterocycles. The summed E-state index contributed by atoms with van der Waals surface area (Å²) in [6.45, 7) is 1.68. The number of nitriles is 1. The van der Waals surface area contributed by atoms with Gasteiger partial charge in [0.15, 0.2) is 0 Å². The number of carbonyl (C=O) groups is 1. The third kappa shape index (κ3) is 3.87. The Morgan fingerprint density at radius 2 is 1.77 bits per heavy atom. The van der Waals surface area contributed by atoms with Crippen LogP contribution in [0.2, 0.25) is 0 Å². The molecule has 0 radical (unpaired) electrons. The highest BCUT2D eigenvalue weighted by Gasteiger charge is 2.12. The van der Waals surface area contributed by atoms with Crippen molar-refractivity contribution in [1.82, 2.24) is 9.97 Å². The minimum absolute atomic E-state index is 0.0833. The Bertz CT molecular complexity index is 1020. The Morgan fingerprint density at radius 3 is 2.46 bits per heavy atom. The van der Waals surface area contributed by atoms with Gasteiger partial charge in [-0.3, -0.25) is 4.79 Å². The van der Waals surface area contributed by atoms with E-state index in [0.717, 1.165) is 6.07 Å². The van der Waals surface area contributed by atoms with Crippen LogP contribution >= 0.6 is 0 Å². The summed E-state index contributed by atoms with van der Waals surface area (Å²) in [4.78, 5) is 20.4. The van der Waals surface area contributed by atoms with E-state index >= 15 is 0 Å². The molecule has 0 atom stereocenters. The number of hydrogen-bond donors (Lipinski definition) is 1. The summed E-state index contributed by atoms with van der Waals surface area (Å²) in [5.41, 5.74) is 1.93. The molecular formula is C19H12F2N4O. The smallest absolute Gasteiger partial charge is 0.274 e. The highest BCUT2D eigenvalue weighted by molar-refractivity contribution is 6.03. The number of pyridine rings is 2. The summed E-state index contributed by atoms with van der Waals surface area (Å²) >= 11 is 0. The van der Waals surface area contributed by atoms with Crippen molar-refractivity contribution in [2.45, 2.75) is 6.92 Å². The zero-order chi connectivity index (χ0) is 18.7. The lowest BCUT2D eigenvalue weighted by molar-refractivity contribution is 0.102. The van der Waals surface area contributed by atoms with Gasteiger partial charge in [-0.05, 0) is 54.4 Å². The maximum Gasteiger partial charge on any atom is 0.274 e. The van der Waals surface area contributed by atoms with Crippen LogP contribution in [-0.2, 0) is 0 Å². The number of aryl methyl sites for hydroxylation is 1. The van der Waals surface area contributed by atoms with Crippen molar-refractivity contribution in [3.05, 3.63) is 77.4 Å². The van der Waals surface area contributed by atoms with Crippen molar-refractivity contribution >= 4 is 11.6 Å². The Morgan fingerprint density at radius 1 is 1.08 bits per heavy atom. The van der Waals surface area contributed by atoms with Crippen molar-refractivity contribution in [3.8, 4) is 17.2 Å². The minimum atomic E-state index is -0.707. The lowest BCUT2D eigenvalue weighted by atomic mass is 10.0. The molecule has 0 aliphatic carbocycles. The molecule has 0 bridgehead atoms. The molecule has 2 aromatic heterocycles. The molecule has 7 heteroatoms. The summed E-state index contributed by atoms with van der Waals surface area (Å²) in [5, 5.41) is 11.5. The predicted molar refractivity (Wildman–Crippen MR) is 91.2 cm³/mol. The van der Waals surface area contributed by atoms with Crippen LogP contribution in [0.5, 0.6) is 0 Å². The fraction of sp³-hybridized carbons (Fsp3) is 0.0526.